The zero-order valence-electron chi connectivity index (χ0n) is 12.4. The lowest BCUT2D eigenvalue weighted by atomic mass is 9.97. The minimum absolute atomic E-state index is 0.800. The molecule has 0 atom stereocenters. The van der Waals surface area contributed by atoms with Crippen LogP contribution >= 0.6 is 0 Å². The van der Waals surface area contributed by atoms with Crippen molar-refractivity contribution in [3.63, 3.8) is 0 Å². The molecule has 0 radical (unpaired) electrons. The number of hydrogen-bond donors (Lipinski definition) is 0. The van der Waals surface area contributed by atoms with Crippen molar-refractivity contribution in [3.05, 3.63) is 60.7 Å². The molecule has 1 fully saturated rings. The highest BCUT2D eigenvalue weighted by Gasteiger charge is 2.18. The van der Waals surface area contributed by atoms with Crippen LogP contribution in [0.4, 0.5) is 0 Å². The first-order valence-corrected chi connectivity index (χ1v) is 7.80. The van der Waals surface area contributed by atoms with Crippen molar-refractivity contribution in [1.82, 2.24) is 14.5 Å². The SMILES string of the molecule is C(=C\c1ccccc1)/CN1CCC(Cn2ccnc2)CC1. The van der Waals surface area contributed by atoms with E-state index >= 15 is 0 Å². The van der Waals surface area contributed by atoms with E-state index in [0.717, 1.165) is 19.0 Å². The lowest BCUT2D eigenvalue weighted by molar-refractivity contribution is 0.188. The van der Waals surface area contributed by atoms with Crippen LogP contribution < -0.4 is 0 Å². The summed E-state index contributed by atoms with van der Waals surface area (Å²) in [6, 6.07) is 10.5. The van der Waals surface area contributed by atoms with Crippen molar-refractivity contribution in [2.45, 2.75) is 19.4 Å². The number of imidazole rings is 1. The third-order valence-corrected chi connectivity index (χ3v) is 4.21. The molecule has 2 aromatic rings. The molecule has 0 unspecified atom stereocenters. The van der Waals surface area contributed by atoms with Crippen molar-refractivity contribution in [3.8, 4) is 0 Å². The van der Waals surface area contributed by atoms with Gasteiger partial charge in [0.15, 0.2) is 0 Å². The van der Waals surface area contributed by atoms with Crippen molar-refractivity contribution >= 4 is 6.08 Å². The van der Waals surface area contributed by atoms with E-state index in [9.17, 15) is 0 Å². The standard InChI is InChI=1S/C18H23N3/c1-2-5-17(6-3-1)7-4-11-20-12-8-18(9-13-20)15-21-14-10-19-16-21/h1-7,10,14,16,18H,8-9,11-13,15H2/b7-4+. The van der Waals surface area contributed by atoms with E-state index in [0.29, 0.717) is 0 Å². The lowest BCUT2D eigenvalue weighted by Crippen LogP contribution is -2.34. The fraction of sp³-hybridized carbons (Fsp3) is 0.389. The summed E-state index contributed by atoms with van der Waals surface area (Å²) < 4.78 is 2.20. The normalized spacial score (nSPS) is 17.5. The second kappa shape index (κ2) is 7.23. The van der Waals surface area contributed by atoms with Crippen LogP contribution in [-0.2, 0) is 6.54 Å². The van der Waals surface area contributed by atoms with Gasteiger partial charge in [0.25, 0.3) is 0 Å². The van der Waals surface area contributed by atoms with E-state index in [1.54, 1.807) is 0 Å². The van der Waals surface area contributed by atoms with Crippen molar-refractivity contribution in [2.75, 3.05) is 19.6 Å². The van der Waals surface area contributed by atoms with Gasteiger partial charge in [-0.3, -0.25) is 4.90 Å². The van der Waals surface area contributed by atoms with Gasteiger partial charge in [-0.1, -0.05) is 42.5 Å². The third kappa shape index (κ3) is 4.30. The van der Waals surface area contributed by atoms with Crippen LogP contribution in [0, 0.1) is 5.92 Å². The zero-order chi connectivity index (χ0) is 14.3. The van der Waals surface area contributed by atoms with Crippen LogP contribution in [0.2, 0.25) is 0 Å². The van der Waals surface area contributed by atoms with E-state index in [2.05, 4.69) is 63.1 Å². The smallest absolute Gasteiger partial charge is 0.0945 e. The third-order valence-electron chi connectivity index (χ3n) is 4.21. The summed E-state index contributed by atoms with van der Waals surface area (Å²) in [6.45, 7) is 4.59. The van der Waals surface area contributed by atoms with Crippen LogP contribution in [0.15, 0.2) is 55.1 Å². The Kier molecular flexibility index (Phi) is 4.85. The Morgan fingerprint density at radius 2 is 1.95 bits per heavy atom. The molecule has 0 aliphatic carbocycles. The minimum atomic E-state index is 0.800. The summed E-state index contributed by atoms with van der Waals surface area (Å²) in [6.07, 6.45) is 12.9. The van der Waals surface area contributed by atoms with Crippen LogP contribution in [0.3, 0.4) is 0 Å². The molecule has 2 heterocycles. The number of benzene rings is 1. The molecule has 1 aliphatic heterocycles. The minimum Gasteiger partial charge on any atom is -0.337 e. The van der Waals surface area contributed by atoms with Gasteiger partial charge in [0.05, 0.1) is 6.33 Å². The molecular formula is C18H23N3. The van der Waals surface area contributed by atoms with Gasteiger partial charge in [0.2, 0.25) is 0 Å². The molecule has 110 valence electrons. The Balaban J connectivity index is 1.40. The maximum Gasteiger partial charge on any atom is 0.0945 e. The van der Waals surface area contributed by atoms with Gasteiger partial charge in [-0.15, -0.1) is 0 Å². The maximum atomic E-state index is 4.12. The Morgan fingerprint density at radius 1 is 1.14 bits per heavy atom. The van der Waals surface area contributed by atoms with Crippen molar-refractivity contribution in [2.24, 2.45) is 5.92 Å². The van der Waals surface area contributed by atoms with Gasteiger partial charge >= 0.3 is 0 Å². The summed E-state index contributed by atoms with van der Waals surface area (Å²) >= 11 is 0. The van der Waals surface area contributed by atoms with Crippen molar-refractivity contribution < 1.29 is 0 Å². The Bertz CT molecular complexity index is 537. The first-order valence-electron chi connectivity index (χ1n) is 7.80. The number of likely N-dealkylation sites (tertiary alicyclic amines) is 1. The van der Waals surface area contributed by atoms with Crippen LogP contribution in [0.1, 0.15) is 18.4 Å². The summed E-state index contributed by atoms with van der Waals surface area (Å²) in [5.41, 5.74) is 1.28. The Morgan fingerprint density at radius 3 is 2.67 bits per heavy atom. The monoisotopic (exact) mass is 281 g/mol. The first kappa shape index (κ1) is 14.1. The van der Waals surface area contributed by atoms with Gasteiger partial charge in [-0.25, -0.2) is 4.98 Å². The van der Waals surface area contributed by atoms with E-state index in [-0.39, 0.29) is 0 Å². The molecule has 1 aromatic carbocycles. The van der Waals surface area contributed by atoms with E-state index in [1.807, 2.05) is 12.5 Å². The molecule has 3 nitrogen and oxygen atoms in total. The molecule has 0 bridgehead atoms. The zero-order valence-corrected chi connectivity index (χ0v) is 12.4. The summed E-state index contributed by atoms with van der Waals surface area (Å²) in [5.74, 6) is 0.800. The molecule has 0 spiro atoms. The van der Waals surface area contributed by atoms with Crippen LogP contribution in [0.5, 0.6) is 0 Å². The number of piperidine rings is 1. The average Bonchev–Trinajstić information content (AvgIpc) is 3.03. The average molecular weight is 281 g/mol. The van der Waals surface area contributed by atoms with Gasteiger partial charge < -0.3 is 4.57 Å². The second-order valence-electron chi connectivity index (χ2n) is 5.82. The number of aromatic nitrogens is 2. The van der Waals surface area contributed by atoms with Crippen molar-refractivity contribution in [1.29, 1.82) is 0 Å². The number of hydrogen-bond acceptors (Lipinski definition) is 2. The molecular weight excluding hydrogens is 258 g/mol. The van der Waals surface area contributed by atoms with Gasteiger partial charge in [0.1, 0.15) is 0 Å². The molecule has 1 aliphatic rings. The number of nitrogens with zero attached hydrogens (tertiary/aromatic N) is 3. The summed E-state index contributed by atoms with van der Waals surface area (Å²) in [5, 5.41) is 0. The Labute approximate surface area is 126 Å². The van der Waals surface area contributed by atoms with E-state index in [1.165, 1.54) is 31.5 Å². The highest BCUT2D eigenvalue weighted by atomic mass is 15.1. The quantitative estimate of drug-likeness (QED) is 0.838. The molecule has 0 amide bonds. The largest absolute Gasteiger partial charge is 0.337 e. The molecule has 1 aromatic heterocycles. The van der Waals surface area contributed by atoms with Gasteiger partial charge in [-0.2, -0.15) is 0 Å². The fourth-order valence-corrected chi connectivity index (χ4v) is 2.95. The predicted molar refractivity (Wildman–Crippen MR) is 86.9 cm³/mol. The van der Waals surface area contributed by atoms with E-state index < -0.39 is 0 Å². The van der Waals surface area contributed by atoms with Crippen LogP contribution in [0.25, 0.3) is 6.08 Å². The van der Waals surface area contributed by atoms with Crippen LogP contribution in [-0.4, -0.2) is 34.1 Å². The fourth-order valence-electron chi connectivity index (χ4n) is 2.95. The van der Waals surface area contributed by atoms with Gasteiger partial charge in [0, 0.05) is 25.5 Å². The lowest BCUT2D eigenvalue weighted by Gasteiger charge is -2.31. The molecule has 1 saturated heterocycles. The predicted octanol–water partition coefficient (Wildman–Crippen LogP) is 3.31. The molecule has 3 rings (SSSR count). The Hall–Kier alpha value is -1.87. The second-order valence-corrected chi connectivity index (χ2v) is 5.82. The molecule has 0 saturated carbocycles. The summed E-state index contributed by atoms with van der Waals surface area (Å²) in [7, 11) is 0. The maximum absolute atomic E-state index is 4.12. The highest BCUT2D eigenvalue weighted by molar-refractivity contribution is 5.48. The molecule has 0 N–H and O–H groups in total. The topological polar surface area (TPSA) is 21.1 Å². The first-order chi connectivity index (χ1) is 10.4. The molecule has 21 heavy (non-hydrogen) atoms. The highest BCUT2D eigenvalue weighted by Crippen LogP contribution is 2.19. The van der Waals surface area contributed by atoms with Gasteiger partial charge in [-0.05, 0) is 37.4 Å². The van der Waals surface area contributed by atoms with E-state index in [4.69, 9.17) is 0 Å². The summed E-state index contributed by atoms with van der Waals surface area (Å²) in [4.78, 5) is 6.66. The molecule has 3 heteroatoms. The number of rotatable bonds is 5.